The molecule has 1 aliphatic heterocycles. The Balaban J connectivity index is 1.76. The predicted molar refractivity (Wildman–Crippen MR) is 92.3 cm³/mol. The first-order valence-electron chi connectivity index (χ1n) is 9.46. The number of esters is 2. The Hall–Kier alpha value is -1.26. The zero-order valence-electron chi connectivity index (χ0n) is 15.9. The summed E-state index contributed by atoms with van der Waals surface area (Å²) in [5.41, 5.74) is -1.13. The molecule has 0 aromatic heterocycles. The maximum absolute atomic E-state index is 12.3. The van der Waals surface area contributed by atoms with Crippen LogP contribution in [0.2, 0.25) is 0 Å². The van der Waals surface area contributed by atoms with E-state index in [1.165, 1.54) is 0 Å². The highest BCUT2D eigenvalue weighted by atomic mass is 16.6. The SMILES string of the molecule is CCOC(=O)C1(C(=O)OCC2COCCOCCOCCOCCO2)CC1. The first kappa shape index (κ1) is 22.0. The second-order valence-corrected chi connectivity index (χ2v) is 6.31. The van der Waals surface area contributed by atoms with Gasteiger partial charge in [0.05, 0.1) is 66.1 Å². The van der Waals surface area contributed by atoms with Crippen LogP contribution in [-0.2, 0) is 42.7 Å². The van der Waals surface area contributed by atoms with Gasteiger partial charge < -0.3 is 33.2 Å². The van der Waals surface area contributed by atoms with Crippen LogP contribution in [0.4, 0.5) is 0 Å². The molecule has 9 nitrogen and oxygen atoms in total. The lowest BCUT2D eigenvalue weighted by atomic mass is 10.1. The second kappa shape index (κ2) is 12.2. The van der Waals surface area contributed by atoms with Gasteiger partial charge in [0.25, 0.3) is 0 Å². The molecule has 0 bridgehead atoms. The van der Waals surface area contributed by atoms with Gasteiger partial charge in [-0.15, -0.1) is 0 Å². The van der Waals surface area contributed by atoms with Gasteiger partial charge in [0.2, 0.25) is 0 Å². The molecule has 2 rings (SSSR count). The van der Waals surface area contributed by atoms with E-state index in [1.807, 2.05) is 0 Å². The van der Waals surface area contributed by atoms with Crippen LogP contribution in [-0.4, -0.2) is 90.7 Å². The summed E-state index contributed by atoms with van der Waals surface area (Å²) in [7, 11) is 0. The smallest absolute Gasteiger partial charge is 0.323 e. The van der Waals surface area contributed by atoms with Gasteiger partial charge in [0.15, 0.2) is 5.41 Å². The minimum absolute atomic E-state index is 0.00393. The summed E-state index contributed by atoms with van der Waals surface area (Å²) < 4.78 is 37.6. The highest BCUT2D eigenvalue weighted by molar-refractivity contribution is 6.03. The number of ether oxygens (including phenoxy) is 7. The van der Waals surface area contributed by atoms with E-state index in [9.17, 15) is 9.59 Å². The van der Waals surface area contributed by atoms with Crippen LogP contribution in [0.5, 0.6) is 0 Å². The third-order valence-corrected chi connectivity index (χ3v) is 4.21. The Morgan fingerprint density at radius 2 is 1.33 bits per heavy atom. The van der Waals surface area contributed by atoms with Crippen molar-refractivity contribution in [3.63, 3.8) is 0 Å². The van der Waals surface area contributed by atoms with Crippen molar-refractivity contribution >= 4 is 11.9 Å². The summed E-state index contributed by atoms with van der Waals surface area (Å²) in [6.07, 6.45) is 0.469. The van der Waals surface area contributed by atoms with E-state index in [2.05, 4.69) is 0 Å². The summed E-state index contributed by atoms with van der Waals surface area (Å²) in [6.45, 7) is 5.76. The number of hydrogen-bond donors (Lipinski definition) is 0. The number of carbonyl (C=O) groups is 2. The molecular weight excluding hydrogens is 360 g/mol. The average Bonchev–Trinajstić information content (AvgIpc) is 3.47. The van der Waals surface area contributed by atoms with Crippen LogP contribution in [0.3, 0.4) is 0 Å². The van der Waals surface area contributed by atoms with Crippen molar-refractivity contribution in [2.45, 2.75) is 25.9 Å². The van der Waals surface area contributed by atoms with E-state index < -0.39 is 23.5 Å². The van der Waals surface area contributed by atoms with E-state index in [-0.39, 0.29) is 19.8 Å². The Morgan fingerprint density at radius 3 is 1.89 bits per heavy atom. The molecular formula is C18H30O9. The Kier molecular flexibility index (Phi) is 10.00. The molecule has 2 aliphatic rings. The van der Waals surface area contributed by atoms with Gasteiger partial charge in [-0.3, -0.25) is 9.59 Å². The molecule has 0 amide bonds. The Labute approximate surface area is 159 Å². The fraction of sp³-hybridized carbons (Fsp3) is 0.889. The maximum Gasteiger partial charge on any atom is 0.323 e. The summed E-state index contributed by atoms with van der Waals surface area (Å²) >= 11 is 0. The molecule has 0 radical (unpaired) electrons. The van der Waals surface area contributed by atoms with Gasteiger partial charge >= 0.3 is 11.9 Å². The highest BCUT2D eigenvalue weighted by Crippen LogP contribution is 2.48. The van der Waals surface area contributed by atoms with Crippen molar-refractivity contribution < 1.29 is 42.7 Å². The second-order valence-electron chi connectivity index (χ2n) is 6.31. The maximum atomic E-state index is 12.3. The number of carbonyl (C=O) groups excluding carboxylic acids is 2. The fourth-order valence-corrected chi connectivity index (χ4v) is 2.49. The van der Waals surface area contributed by atoms with Crippen molar-refractivity contribution in [2.24, 2.45) is 5.41 Å². The van der Waals surface area contributed by atoms with E-state index in [0.29, 0.717) is 65.7 Å². The van der Waals surface area contributed by atoms with Crippen LogP contribution in [0, 0.1) is 5.41 Å². The number of hydrogen-bond acceptors (Lipinski definition) is 9. The molecule has 0 aromatic rings. The summed E-state index contributed by atoms with van der Waals surface area (Å²) in [6, 6.07) is 0. The molecule has 1 saturated heterocycles. The minimum Gasteiger partial charge on any atom is -0.465 e. The van der Waals surface area contributed by atoms with Gasteiger partial charge in [0.1, 0.15) is 12.7 Å². The van der Waals surface area contributed by atoms with Crippen LogP contribution >= 0.6 is 0 Å². The summed E-state index contributed by atoms with van der Waals surface area (Å²) in [5.74, 6) is -1.07. The molecule has 1 unspecified atom stereocenters. The van der Waals surface area contributed by atoms with Crippen LogP contribution in [0.15, 0.2) is 0 Å². The van der Waals surface area contributed by atoms with Gasteiger partial charge in [-0.1, -0.05) is 0 Å². The van der Waals surface area contributed by atoms with Crippen molar-refractivity contribution in [1.29, 1.82) is 0 Å². The lowest BCUT2D eigenvalue weighted by molar-refractivity contribution is -0.168. The minimum atomic E-state index is -1.13. The molecule has 1 atom stereocenters. The van der Waals surface area contributed by atoms with Gasteiger partial charge in [-0.25, -0.2) is 0 Å². The van der Waals surface area contributed by atoms with Crippen molar-refractivity contribution in [3.05, 3.63) is 0 Å². The van der Waals surface area contributed by atoms with Crippen LogP contribution < -0.4 is 0 Å². The first-order valence-corrected chi connectivity index (χ1v) is 9.46. The van der Waals surface area contributed by atoms with Gasteiger partial charge in [-0.2, -0.15) is 0 Å². The van der Waals surface area contributed by atoms with Crippen molar-refractivity contribution in [2.75, 3.05) is 72.7 Å². The molecule has 27 heavy (non-hydrogen) atoms. The zero-order valence-corrected chi connectivity index (χ0v) is 15.9. The molecule has 0 N–H and O–H groups in total. The third-order valence-electron chi connectivity index (χ3n) is 4.21. The molecule has 2 fully saturated rings. The fourth-order valence-electron chi connectivity index (χ4n) is 2.49. The topological polar surface area (TPSA) is 98.8 Å². The molecule has 1 heterocycles. The molecule has 9 heteroatoms. The summed E-state index contributed by atoms with van der Waals surface area (Å²) in [5, 5.41) is 0. The quantitative estimate of drug-likeness (QED) is 0.486. The highest BCUT2D eigenvalue weighted by Gasteiger charge is 2.59. The van der Waals surface area contributed by atoms with E-state index in [0.717, 1.165) is 0 Å². The zero-order chi connectivity index (χ0) is 19.4. The number of rotatable bonds is 5. The van der Waals surface area contributed by atoms with Crippen LogP contribution in [0.1, 0.15) is 19.8 Å². The first-order chi connectivity index (χ1) is 13.2. The molecule has 156 valence electrons. The average molecular weight is 390 g/mol. The largest absolute Gasteiger partial charge is 0.465 e. The van der Waals surface area contributed by atoms with Crippen molar-refractivity contribution in [3.8, 4) is 0 Å². The normalized spacial score (nSPS) is 24.9. The summed E-state index contributed by atoms with van der Waals surface area (Å²) in [4.78, 5) is 24.3. The Bertz CT molecular complexity index is 434. The van der Waals surface area contributed by atoms with E-state index in [1.54, 1.807) is 6.92 Å². The van der Waals surface area contributed by atoms with Gasteiger partial charge in [0, 0.05) is 0 Å². The molecule has 0 aromatic carbocycles. The van der Waals surface area contributed by atoms with Crippen LogP contribution in [0.25, 0.3) is 0 Å². The third kappa shape index (κ3) is 7.71. The van der Waals surface area contributed by atoms with E-state index >= 15 is 0 Å². The molecule has 1 saturated carbocycles. The molecule has 1 aliphatic carbocycles. The van der Waals surface area contributed by atoms with Gasteiger partial charge in [-0.05, 0) is 19.8 Å². The van der Waals surface area contributed by atoms with Crippen molar-refractivity contribution in [1.82, 2.24) is 0 Å². The lowest BCUT2D eigenvalue weighted by Gasteiger charge is -2.20. The monoisotopic (exact) mass is 390 g/mol. The van der Waals surface area contributed by atoms with E-state index in [4.69, 9.17) is 33.2 Å². The lowest BCUT2D eigenvalue weighted by Crippen LogP contribution is -2.34. The standard InChI is InChI=1S/C18H30O9/c1-2-25-16(19)18(3-4-18)17(20)27-14-15-13-24-10-9-22-6-5-21-7-8-23-11-12-26-15/h15H,2-14H2,1H3. The predicted octanol–water partition coefficient (Wildman–Crippen LogP) is 0.338. The molecule has 0 spiro atoms. The Morgan fingerprint density at radius 1 is 0.815 bits per heavy atom.